The third-order valence-corrected chi connectivity index (χ3v) is 2.48. The van der Waals surface area contributed by atoms with E-state index in [1.807, 2.05) is 13.8 Å². The quantitative estimate of drug-likeness (QED) is 0.664. The zero-order chi connectivity index (χ0) is 13.2. The Morgan fingerprint density at radius 1 is 1.47 bits per heavy atom. The van der Waals surface area contributed by atoms with Gasteiger partial charge in [0.05, 0.1) is 5.56 Å². The molecule has 0 bridgehead atoms. The zero-order valence-electron chi connectivity index (χ0n) is 10.3. The molecule has 0 saturated carbocycles. The molecule has 17 heavy (non-hydrogen) atoms. The summed E-state index contributed by atoms with van der Waals surface area (Å²) in [5.74, 6) is -0.840. The summed E-state index contributed by atoms with van der Waals surface area (Å²) in [7, 11) is 1.68. The van der Waals surface area contributed by atoms with E-state index in [0.717, 1.165) is 0 Å². The lowest BCUT2D eigenvalue weighted by atomic mass is 10.1. The fraction of sp³-hybridized carbons (Fsp3) is 0.455. The minimum atomic E-state index is -0.558. The zero-order valence-corrected chi connectivity index (χ0v) is 10.3. The fourth-order valence-corrected chi connectivity index (χ4v) is 1.35. The van der Waals surface area contributed by atoms with Crippen LogP contribution >= 0.6 is 0 Å². The molecule has 0 unspecified atom stereocenters. The number of carbonyl (C=O) groups excluding carboxylic acids is 2. The van der Waals surface area contributed by atoms with E-state index in [0.29, 0.717) is 17.8 Å². The topological polar surface area (TPSA) is 103 Å². The maximum atomic E-state index is 11.9. The van der Waals surface area contributed by atoms with E-state index in [2.05, 4.69) is 5.32 Å². The van der Waals surface area contributed by atoms with Crippen molar-refractivity contribution in [1.82, 2.24) is 9.88 Å². The molecule has 0 radical (unpaired) electrons. The molecule has 1 rings (SSSR count). The molecule has 6 heteroatoms. The summed E-state index contributed by atoms with van der Waals surface area (Å²) >= 11 is 0. The molecule has 94 valence electrons. The lowest BCUT2D eigenvalue weighted by Crippen LogP contribution is -2.49. The number of aromatic nitrogens is 1. The van der Waals surface area contributed by atoms with Crippen molar-refractivity contribution in [2.45, 2.75) is 19.4 Å². The highest BCUT2D eigenvalue weighted by Gasteiger charge is 2.21. The number of hydrogen-bond acceptors (Lipinski definition) is 3. The number of primary amides is 1. The van der Waals surface area contributed by atoms with Crippen LogP contribution in [0.15, 0.2) is 12.3 Å². The Hall–Kier alpha value is -1.82. The van der Waals surface area contributed by atoms with Gasteiger partial charge in [0.25, 0.3) is 5.91 Å². The standard InChI is InChI=1S/C11H18N4O2/c1-11(2,6-12)14-10(17)8-4-7(9(13)16)5-15(8)3/h4-5H,6,12H2,1-3H3,(H2,13,16)(H,14,17). The van der Waals surface area contributed by atoms with Gasteiger partial charge >= 0.3 is 0 Å². The molecule has 0 aliphatic heterocycles. The highest BCUT2D eigenvalue weighted by atomic mass is 16.2. The molecule has 0 atom stereocenters. The van der Waals surface area contributed by atoms with Crippen LogP contribution < -0.4 is 16.8 Å². The first-order valence-corrected chi connectivity index (χ1v) is 5.25. The molecular formula is C11H18N4O2. The van der Waals surface area contributed by atoms with Gasteiger partial charge in [-0.15, -0.1) is 0 Å². The van der Waals surface area contributed by atoms with E-state index >= 15 is 0 Å². The van der Waals surface area contributed by atoms with Crippen molar-refractivity contribution in [1.29, 1.82) is 0 Å². The maximum Gasteiger partial charge on any atom is 0.268 e. The summed E-state index contributed by atoms with van der Waals surface area (Å²) in [5.41, 5.74) is 10.9. The number of aryl methyl sites for hydroxylation is 1. The normalized spacial score (nSPS) is 11.3. The van der Waals surface area contributed by atoms with Crippen molar-refractivity contribution in [2.75, 3.05) is 6.54 Å². The van der Waals surface area contributed by atoms with E-state index in [-0.39, 0.29) is 5.91 Å². The van der Waals surface area contributed by atoms with Gasteiger partial charge in [0.1, 0.15) is 5.69 Å². The van der Waals surface area contributed by atoms with Gasteiger partial charge in [-0.05, 0) is 19.9 Å². The number of rotatable bonds is 4. The van der Waals surface area contributed by atoms with Crippen molar-refractivity contribution in [3.05, 3.63) is 23.5 Å². The van der Waals surface area contributed by atoms with E-state index in [1.54, 1.807) is 11.6 Å². The first-order valence-electron chi connectivity index (χ1n) is 5.25. The average Bonchev–Trinajstić information content (AvgIpc) is 2.60. The maximum absolute atomic E-state index is 11.9. The minimum absolute atomic E-state index is 0.282. The van der Waals surface area contributed by atoms with Crippen LogP contribution in [0.25, 0.3) is 0 Å². The molecule has 0 saturated heterocycles. The largest absolute Gasteiger partial charge is 0.366 e. The van der Waals surface area contributed by atoms with Gasteiger partial charge in [-0.3, -0.25) is 9.59 Å². The highest BCUT2D eigenvalue weighted by molar-refractivity contribution is 5.98. The molecular weight excluding hydrogens is 220 g/mol. The molecule has 0 aromatic carbocycles. The van der Waals surface area contributed by atoms with Crippen LogP contribution in [0, 0.1) is 0 Å². The van der Waals surface area contributed by atoms with Crippen LogP contribution in [0.3, 0.4) is 0 Å². The molecule has 0 aliphatic rings. The Kier molecular flexibility index (Phi) is 3.57. The van der Waals surface area contributed by atoms with Crippen LogP contribution in [0.2, 0.25) is 0 Å². The van der Waals surface area contributed by atoms with Gasteiger partial charge in [0.2, 0.25) is 5.91 Å². The molecule has 2 amide bonds. The Morgan fingerprint density at radius 2 is 2.06 bits per heavy atom. The summed E-state index contributed by atoms with van der Waals surface area (Å²) in [5, 5.41) is 2.78. The molecule has 5 N–H and O–H groups in total. The summed E-state index contributed by atoms with van der Waals surface area (Å²) in [6.45, 7) is 3.97. The van der Waals surface area contributed by atoms with Crippen molar-refractivity contribution in [3.8, 4) is 0 Å². The third-order valence-electron chi connectivity index (χ3n) is 2.48. The first-order chi connectivity index (χ1) is 7.76. The molecule has 0 spiro atoms. The molecule has 0 fully saturated rings. The number of hydrogen-bond donors (Lipinski definition) is 3. The lowest BCUT2D eigenvalue weighted by molar-refractivity contribution is 0.0907. The summed E-state index contributed by atoms with van der Waals surface area (Å²) < 4.78 is 1.56. The van der Waals surface area contributed by atoms with Crippen molar-refractivity contribution >= 4 is 11.8 Å². The predicted octanol–water partition coefficient (Wildman–Crippen LogP) is -0.409. The van der Waals surface area contributed by atoms with Gasteiger partial charge in [-0.25, -0.2) is 0 Å². The second-order valence-electron chi connectivity index (χ2n) is 4.63. The van der Waals surface area contributed by atoms with E-state index in [1.165, 1.54) is 12.3 Å². The molecule has 1 heterocycles. The average molecular weight is 238 g/mol. The predicted molar refractivity (Wildman–Crippen MR) is 64.5 cm³/mol. The van der Waals surface area contributed by atoms with Crippen molar-refractivity contribution in [3.63, 3.8) is 0 Å². The Labute approximate surface area is 100.0 Å². The van der Waals surface area contributed by atoms with E-state index in [4.69, 9.17) is 11.5 Å². The first kappa shape index (κ1) is 13.2. The van der Waals surface area contributed by atoms with Gasteiger partial charge < -0.3 is 21.4 Å². The van der Waals surface area contributed by atoms with E-state index < -0.39 is 11.4 Å². The number of carbonyl (C=O) groups is 2. The second-order valence-corrected chi connectivity index (χ2v) is 4.63. The molecule has 0 aliphatic carbocycles. The SMILES string of the molecule is Cn1cc(C(N)=O)cc1C(=O)NC(C)(C)CN. The summed E-state index contributed by atoms with van der Waals surface area (Å²) in [6.07, 6.45) is 1.52. The van der Waals surface area contributed by atoms with E-state index in [9.17, 15) is 9.59 Å². The Morgan fingerprint density at radius 3 is 2.47 bits per heavy atom. The highest BCUT2D eigenvalue weighted by Crippen LogP contribution is 2.08. The van der Waals surface area contributed by atoms with Crippen molar-refractivity contribution < 1.29 is 9.59 Å². The monoisotopic (exact) mass is 238 g/mol. The van der Waals surface area contributed by atoms with Crippen LogP contribution in [0.4, 0.5) is 0 Å². The lowest BCUT2D eigenvalue weighted by Gasteiger charge is -2.24. The minimum Gasteiger partial charge on any atom is -0.366 e. The number of nitrogens with one attached hydrogen (secondary N) is 1. The van der Waals surface area contributed by atoms with Gasteiger partial charge in [-0.1, -0.05) is 0 Å². The fourth-order valence-electron chi connectivity index (χ4n) is 1.35. The van der Waals surface area contributed by atoms with Crippen LogP contribution in [-0.2, 0) is 7.05 Å². The smallest absolute Gasteiger partial charge is 0.268 e. The van der Waals surface area contributed by atoms with Gasteiger partial charge in [-0.2, -0.15) is 0 Å². The summed E-state index contributed by atoms with van der Waals surface area (Å²) in [4.78, 5) is 22.9. The second kappa shape index (κ2) is 4.58. The van der Waals surface area contributed by atoms with Gasteiger partial charge in [0, 0.05) is 25.3 Å². The Balaban J connectivity index is 2.93. The van der Waals surface area contributed by atoms with Gasteiger partial charge in [0.15, 0.2) is 0 Å². The molecule has 1 aromatic rings. The van der Waals surface area contributed by atoms with Crippen molar-refractivity contribution in [2.24, 2.45) is 18.5 Å². The van der Waals surface area contributed by atoms with Crippen LogP contribution in [0.5, 0.6) is 0 Å². The summed E-state index contributed by atoms with van der Waals surface area (Å²) in [6, 6.07) is 1.46. The van der Waals surface area contributed by atoms with Crippen LogP contribution in [-0.4, -0.2) is 28.5 Å². The van der Waals surface area contributed by atoms with Crippen LogP contribution in [0.1, 0.15) is 34.7 Å². The molecule has 6 nitrogen and oxygen atoms in total. The number of nitrogens with zero attached hydrogens (tertiary/aromatic N) is 1. The Bertz CT molecular complexity index is 448. The number of amides is 2. The third kappa shape index (κ3) is 3.07. The molecule has 1 aromatic heterocycles. The number of nitrogens with two attached hydrogens (primary N) is 2.